The molecule has 7 heteroatoms. The molecule has 168 valence electrons. The third-order valence-corrected chi connectivity index (χ3v) is 5.13. The maximum atomic E-state index is 11.3. The molecule has 1 atom stereocenters. The average molecular weight is 461 g/mol. The molecule has 6 nitrogen and oxygen atoms in total. The van der Waals surface area contributed by atoms with Gasteiger partial charge in [0.25, 0.3) is 0 Å². The molecular weight excluding hydrogens is 436 g/mol. The molecule has 0 fully saturated rings. The van der Waals surface area contributed by atoms with Crippen molar-refractivity contribution < 1.29 is 9.90 Å². The number of nitrogens with one attached hydrogen (secondary N) is 2. The lowest BCUT2D eigenvalue weighted by Crippen LogP contribution is -2.25. The molecule has 0 saturated heterocycles. The summed E-state index contributed by atoms with van der Waals surface area (Å²) in [6.07, 6.45) is 1.53. The van der Waals surface area contributed by atoms with Crippen molar-refractivity contribution in [3.8, 4) is 22.5 Å². The largest absolute Gasteiger partial charge is 0.480 e. The van der Waals surface area contributed by atoms with Crippen molar-refractivity contribution in [1.29, 1.82) is 0 Å². The fourth-order valence-corrected chi connectivity index (χ4v) is 3.35. The Morgan fingerprint density at radius 1 is 0.909 bits per heavy atom. The fourth-order valence-electron chi connectivity index (χ4n) is 3.35. The number of carboxylic acids is 1. The summed E-state index contributed by atoms with van der Waals surface area (Å²) in [4.78, 5) is 20.1. The Kier molecular flexibility index (Phi) is 8.00. The minimum Gasteiger partial charge on any atom is -0.480 e. The van der Waals surface area contributed by atoms with Gasteiger partial charge in [-0.25, -0.2) is 9.97 Å². The minimum atomic E-state index is -0.913. The normalized spacial score (nSPS) is 11.2. The summed E-state index contributed by atoms with van der Waals surface area (Å²) in [6.45, 7) is 2.37. The first-order chi connectivity index (χ1) is 15.6. The first-order valence-electron chi connectivity index (χ1n) is 10.4. The van der Waals surface area contributed by atoms with Crippen LogP contribution in [0.2, 0.25) is 0 Å². The zero-order valence-electron chi connectivity index (χ0n) is 18.1. The maximum absolute atomic E-state index is 11.3. The monoisotopic (exact) mass is 460 g/mol. The van der Waals surface area contributed by atoms with E-state index in [-0.39, 0.29) is 12.4 Å². The summed E-state index contributed by atoms with van der Waals surface area (Å²) >= 11 is 0. The van der Waals surface area contributed by atoms with Crippen LogP contribution in [0.15, 0.2) is 91.3 Å². The van der Waals surface area contributed by atoms with E-state index >= 15 is 0 Å². The molecule has 0 aliphatic rings. The van der Waals surface area contributed by atoms with Crippen molar-refractivity contribution >= 4 is 29.8 Å². The standard InChI is InChI=1S/C26H24N4O2.ClH/c1-18(26(31)32)30-23-10-6-5-9-22(23)25-15-24(28-17-29-25)20-11-13-21(14-12-20)27-16-19-7-3-2-4-8-19;/h2-15,17-18,27,30H,16H2,1H3,(H,31,32);1H. The third kappa shape index (κ3) is 6.08. The highest BCUT2D eigenvalue weighted by Gasteiger charge is 2.14. The number of aromatic nitrogens is 2. The Bertz CT molecular complexity index is 1200. The van der Waals surface area contributed by atoms with Gasteiger partial charge in [-0.3, -0.25) is 4.79 Å². The van der Waals surface area contributed by atoms with Gasteiger partial charge in [0.1, 0.15) is 12.4 Å². The summed E-state index contributed by atoms with van der Waals surface area (Å²) in [6, 6.07) is 27.1. The van der Waals surface area contributed by atoms with Gasteiger partial charge in [0.15, 0.2) is 0 Å². The van der Waals surface area contributed by atoms with Gasteiger partial charge in [-0.15, -0.1) is 12.4 Å². The van der Waals surface area contributed by atoms with Crippen molar-refractivity contribution in [2.24, 2.45) is 0 Å². The Morgan fingerprint density at radius 3 is 2.30 bits per heavy atom. The van der Waals surface area contributed by atoms with Crippen LogP contribution in [0.1, 0.15) is 12.5 Å². The number of nitrogens with zero attached hydrogens (tertiary/aromatic N) is 2. The first-order valence-corrected chi connectivity index (χ1v) is 10.4. The van der Waals surface area contributed by atoms with Gasteiger partial charge in [0.05, 0.1) is 11.4 Å². The van der Waals surface area contributed by atoms with Crippen molar-refractivity contribution in [1.82, 2.24) is 9.97 Å². The van der Waals surface area contributed by atoms with Crippen LogP contribution >= 0.6 is 12.4 Å². The highest BCUT2D eigenvalue weighted by molar-refractivity contribution is 5.85. The smallest absolute Gasteiger partial charge is 0.325 e. The first kappa shape index (κ1) is 23.8. The van der Waals surface area contributed by atoms with Gasteiger partial charge >= 0.3 is 5.97 Å². The molecule has 0 bridgehead atoms. The molecule has 1 unspecified atom stereocenters. The van der Waals surface area contributed by atoms with Gasteiger partial charge in [-0.05, 0) is 36.8 Å². The predicted molar refractivity (Wildman–Crippen MR) is 135 cm³/mol. The number of aliphatic carboxylic acids is 1. The van der Waals surface area contributed by atoms with Crippen LogP contribution in [0, 0.1) is 0 Å². The molecule has 0 amide bonds. The summed E-state index contributed by atoms with van der Waals surface area (Å²) in [5.41, 5.74) is 6.29. The number of hydrogen-bond donors (Lipinski definition) is 3. The fraction of sp³-hybridized carbons (Fsp3) is 0.115. The Labute approximate surface area is 199 Å². The van der Waals surface area contributed by atoms with Crippen LogP contribution in [0.5, 0.6) is 0 Å². The summed E-state index contributed by atoms with van der Waals surface area (Å²) in [5.74, 6) is -0.913. The van der Waals surface area contributed by atoms with Crippen LogP contribution in [-0.4, -0.2) is 27.1 Å². The van der Waals surface area contributed by atoms with E-state index in [1.54, 1.807) is 6.92 Å². The predicted octanol–water partition coefficient (Wildman–Crippen LogP) is 5.73. The topological polar surface area (TPSA) is 87.1 Å². The molecule has 0 saturated carbocycles. The zero-order chi connectivity index (χ0) is 22.3. The summed E-state index contributed by atoms with van der Waals surface area (Å²) < 4.78 is 0. The van der Waals surface area contributed by atoms with E-state index in [4.69, 9.17) is 0 Å². The van der Waals surface area contributed by atoms with Crippen molar-refractivity contribution in [2.45, 2.75) is 19.5 Å². The maximum Gasteiger partial charge on any atom is 0.325 e. The molecular formula is C26H25ClN4O2. The number of carboxylic acid groups (broad SMARTS) is 1. The lowest BCUT2D eigenvalue weighted by molar-refractivity contribution is -0.137. The number of halogens is 1. The molecule has 0 spiro atoms. The van der Waals surface area contributed by atoms with E-state index in [1.165, 1.54) is 11.9 Å². The van der Waals surface area contributed by atoms with Gasteiger partial charge in [0.2, 0.25) is 0 Å². The van der Waals surface area contributed by atoms with Crippen molar-refractivity contribution in [3.63, 3.8) is 0 Å². The molecule has 0 aliphatic heterocycles. The summed E-state index contributed by atoms with van der Waals surface area (Å²) in [5, 5.41) is 15.7. The lowest BCUT2D eigenvalue weighted by atomic mass is 10.1. The zero-order valence-corrected chi connectivity index (χ0v) is 18.9. The SMILES string of the molecule is CC(Nc1ccccc1-c1cc(-c2ccc(NCc3ccccc3)cc2)ncn1)C(=O)O.Cl. The van der Waals surface area contributed by atoms with Gasteiger partial charge < -0.3 is 15.7 Å². The molecule has 1 aromatic heterocycles. The number of hydrogen-bond acceptors (Lipinski definition) is 5. The van der Waals surface area contributed by atoms with Crippen LogP contribution in [-0.2, 0) is 11.3 Å². The Hall–Kier alpha value is -3.90. The molecule has 3 aromatic carbocycles. The minimum absolute atomic E-state index is 0. The van der Waals surface area contributed by atoms with E-state index in [2.05, 4.69) is 32.7 Å². The van der Waals surface area contributed by atoms with Crippen molar-refractivity contribution in [3.05, 3.63) is 96.8 Å². The summed E-state index contributed by atoms with van der Waals surface area (Å²) in [7, 11) is 0. The number of rotatable bonds is 8. The van der Waals surface area contributed by atoms with Crippen LogP contribution in [0.4, 0.5) is 11.4 Å². The molecule has 1 heterocycles. The molecule has 0 aliphatic carbocycles. The Morgan fingerprint density at radius 2 is 1.58 bits per heavy atom. The van der Waals surface area contributed by atoms with Crippen LogP contribution < -0.4 is 10.6 Å². The van der Waals surface area contributed by atoms with Gasteiger partial charge in [-0.1, -0.05) is 60.7 Å². The molecule has 3 N–H and O–H groups in total. The second-order valence-electron chi connectivity index (χ2n) is 7.45. The second kappa shape index (κ2) is 11.1. The number of carbonyl (C=O) groups is 1. The van der Waals surface area contributed by atoms with Crippen LogP contribution in [0.3, 0.4) is 0 Å². The van der Waals surface area contributed by atoms with E-state index in [0.717, 1.165) is 34.7 Å². The Balaban J connectivity index is 0.00000306. The van der Waals surface area contributed by atoms with Crippen molar-refractivity contribution in [2.75, 3.05) is 10.6 Å². The van der Waals surface area contributed by atoms with E-state index in [0.29, 0.717) is 5.69 Å². The highest BCUT2D eigenvalue weighted by Crippen LogP contribution is 2.29. The third-order valence-electron chi connectivity index (χ3n) is 5.13. The van der Waals surface area contributed by atoms with Crippen LogP contribution in [0.25, 0.3) is 22.5 Å². The average Bonchev–Trinajstić information content (AvgIpc) is 2.84. The van der Waals surface area contributed by atoms with E-state index < -0.39 is 12.0 Å². The molecule has 4 aromatic rings. The molecule has 0 radical (unpaired) electrons. The quantitative estimate of drug-likeness (QED) is 0.311. The molecule has 33 heavy (non-hydrogen) atoms. The number of benzene rings is 3. The van der Waals surface area contributed by atoms with E-state index in [1.807, 2.05) is 72.8 Å². The number of para-hydroxylation sites is 1. The highest BCUT2D eigenvalue weighted by atomic mass is 35.5. The molecule has 4 rings (SSSR count). The van der Waals surface area contributed by atoms with Gasteiger partial charge in [-0.2, -0.15) is 0 Å². The second-order valence-corrected chi connectivity index (χ2v) is 7.45. The lowest BCUT2D eigenvalue weighted by Gasteiger charge is -2.15. The van der Waals surface area contributed by atoms with E-state index in [9.17, 15) is 9.90 Å². The number of anilines is 2. The van der Waals surface area contributed by atoms with Gasteiger partial charge in [0, 0.05) is 29.0 Å².